The van der Waals surface area contributed by atoms with Crippen molar-refractivity contribution in [1.29, 1.82) is 0 Å². The maximum Gasteiger partial charge on any atom is 0.272 e. The van der Waals surface area contributed by atoms with Crippen LogP contribution in [0.5, 0.6) is 0 Å². The molecule has 3 heterocycles. The van der Waals surface area contributed by atoms with E-state index < -0.39 is 0 Å². The molecule has 2 unspecified atom stereocenters. The third-order valence-corrected chi connectivity index (χ3v) is 4.14. The van der Waals surface area contributed by atoms with Crippen LogP contribution in [0.25, 0.3) is 0 Å². The predicted molar refractivity (Wildman–Crippen MR) is 92.2 cm³/mol. The molecule has 1 N–H and O–H groups in total. The highest BCUT2D eigenvalue weighted by Crippen LogP contribution is 2.12. The van der Waals surface area contributed by atoms with Crippen LogP contribution in [0.15, 0.2) is 30.7 Å². The summed E-state index contributed by atoms with van der Waals surface area (Å²) in [6.45, 7) is 5.23. The Labute approximate surface area is 146 Å². The number of anilines is 1. The number of ether oxygens (including phenoxy) is 1. The highest BCUT2D eigenvalue weighted by Gasteiger charge is 2.26. The average molecular weight is 345 g/mol. The molecule has 0 radical (unpaired) electrons. The summed E-state index contributed by atoms with van der Waals surface area (Å²) in [5, 5.41) is 6.95. The number of hydrogen-bond donors (Lipinski definition) is 1. The number of nitrogens with one attached hydrogen (secondary N) is 1. The van der Waals surface area contributed by atoms with Gasteiger partial charge in [-0.3, -0.25) is 14.3 Å². The van der Waals surface area contributed by atoms with Gasteiger partial charge in [-0.1, -0.05) is 0 Å². The summed E-state index contributed by atoms with van der Waals surface area (Å²) in [6, 6.07) is 3.55. The fourth-order valence-electron chi connectivity index (χ4n) is 3.03. The van der Waals surface area contributed by atoms with Gasteiger partial charge < -0.3 is 19.5 Å². The van der Waals surface area contributed by atoms with Gasteiger partial charge in [0.25, 0.3) is 5.91 Å². The number of carbonyl (C=O) groups is 2. The Morgan fingerprint density at radius 2 is 2.04 bits per heavy atom. The van der Waals surface area contributed by atoms with Crippen molar-refractivity contribution in [2.45, 2.75) is 32.6 Å². The molecule has 25 heavy (non-hydrogen) atoms. The fraction of sp³-hybridized carbons (Fsp3) is 0.471. The SMILES string of the molecule is CC1CN(C(=O)Cn2cc(NC(=O)c3cccn3C)cn2)CC(C)O1. The minimum Gasteiger partial charge on any atom is -0.372 e. The maximum absolute atomic E-state index is 12.4. The Morgan fingerprint density at radius 1 is 1.32 bits per heavy atom. The van der Waals surface area contributed by atoms with E-state index in [1.165, 1.54) is 4.68 Å². The van der Waals surface area contributed by atoms with E-state index in [0.29, 0.717) is 24.5 Å². The number of aryl methyl sites for hydroxylation is 1. The highest BCUT2D eigenvalue weighted by atomic mass is 16.5. The van der Waals surface area contributed by atoms with Crippen LogP contribution in [0, 0.1) is 0 Å². The molecule has 1 fully saturated rings. The van der Waals surface area contributed by atoms with Crippen LogP contribution in [0.3, 0.4) is 0 Å². The Balaban J connectivity index is 1.59. The van der Waals surface area contributed by atoms with E-state index in [4.69, 9.17) is 4.74 Å². The lowest BCUT2D eigenvalue weighted by atomic mass is 10.2. The Kier molecular flexibility index (Phi) is 4.89. The van der Waals surface area contributed by atoms with Crippen molar-refractivity contribution in [2.24, 2.45) is 7.05 Å². The molecule has 2 aromatic heterocycles. The van der Waals surface area contributed by atoms with Gasteiger partial charge in [0.1, 0.15) is 12.2 Å². The van der Waals surface area contributed by atoms with Gasteiger partial charge in [-0.05, 0) is 26.0 Å². The van der Waals surface area contributed by atoms with Gasteiger partial charge in [0.15, 0.2) is 0 Å². The highest BCUT2D eigenvalue weighted by molar-refractivity contribution is 6.03. The molecule has 0 aromatic carbocycles. The molecule has 8 nitrogen and oxygen atoms in total. The van der Waals surface area contributed by atoms with Crippen LogP contribution < -0.4 is 5.32 Å². The topological polar surface area (TPSA) is 81.4 Å². The molecular formula is C17H23N5O3. The zero-order valence-corrected chi connectivity index (χ0v) is 14.7. The van der Waals surface area contributed by atoms with Crippen LogP contribution in [0.2, 0.25) is 0 Å². The zero-order valence-electron chi connectivity index (χ0n) is 14.7. The van der Waals surface area contributed by atoms with Gasteiger partial charge in [0.2, 0.25) is 5.91 Å². The van der Waals surface area contributed by atoms with Gasteiger partial charge in [0, 0.05) is 32.5 Å². The van der Waals surface area contributed by atoms with Crippen LogP contribution in [-0.4, -0.2) is 56.4 Å². The van der Waals surface area contributed by atoms with E-state index >= 15 is 0 Å². The summed E-state index contributed by atoms with van der Waals surface area (Å²) < 4.78 is 8.92. The molecule has 2 aromatic rings. The number of amides is 2. The molecule has 8 heteroatoms. The lowest BCUT2D eigenvalue weighted by Gasteiger charge is -2.35. The molecule has 0 spiro atoms. The molecule has 1 aliphatic rings. The number of rotatable bonds is 4. The van der Waals surface area contributed by atoms with Gasteiger partial charge >= 0.3 is 0 Å². The van der Waals surface area contributed by atoms with Crippen molar-refractivity contribution in [3.05, 3.63) is 36.4 Å². The first-order valence-electron chi connectivity index (χ1n) is 8.30. The number of nitrogens with zero attached hydrogens (tertiary/aromatic N) is 4. The summed E-state index contributed by atoms with van der Waals surface area (Å²) in [5.74, 6) is -0.223. The quantitative estimate of drug-likeness (QED) is 0.900. The van der Waals surface area contributed by atoms with Crippen LogP contribution in [0.4, 0.5) is 5.69 Å². The second kappa shape index (κ2) is 7.10. The largest absolute Gasteiger partial charge is 0.372 e. The summed E-state index contributed by atoms with van der Waals surface area (Å²) in [4.78, 5) is 26.4. The molecule has 2 amide bonds. The van der Waals surface area contributed by atoms with Gasteiger partial charge in [0.05, 0.1) is 24.1 Å². The molecule has 134 valence electrons. The number of carbonyl (C=O) groups excluding carboxylic acids is 2. The van der Waals surface area contributed by atoms with Crippen molar-refractivity contribution >= 4 is 17.5 Å². The van der Waals surface area contributed by atoms with Crippen LogP contribution in [0.1, 0.15) is 24.3 Å². The number of aromatic nitrogens is 3. The third kappa shape index (κ3) is 4.08. The second-order valence-electron chi connectivity index (χ2n) is 6.44. The first kappa shape index (κ1) is 17.2. The molecular weight excluding hydrogens is 322 g/mol. The molecule has 1 saturated heterocycles. The van der Waals surface area contributed by atoms with Gasteiger partial charge in [-0.25, -0.2) is 0 Å². The Morgan fingerprint density at radius 3 is 2.68 bits per heavy atom. The fourth-order valence-corrected chi connectivity index (χ4v) is 3.03. The summed E-state index contributed by atoms with van der Waals surface area (Å²) in [7, 11) is 1.81. The first-order chi connectivity index (χ1) is 11.9. The number of hydrogen-bond acceptors (Lipinski definition) is 4. The average Bonchev–Trinajstić information content (AvgIpc) is 3.15. The molecule has 0 aliphatic carbocycles. The number of morpholine rings is 1. The Bertz CT molecular complexity index is 756. The van der Waals surface area contributed by atoms with Gasteiger partial charge in [-0.15, -0.1) is 0 Å². The van der Waals surface area contributed by atoms with E-state index in [0.717, 1.165) is 0 Å². The van der Waals surface area contributed by atoms with Crippen molar-refractivity contribution in [3.63, 3.8) is 0 Å². The Hall–Kier alpha value is -2.61. The lowest BCUT2D eigenvalue weighted by Crippen LogP contribution is -2.49. The van der Waals surface area contributed by atoms with Crippen molar-refractivity contribution in [1.82, 2.24) is 19.2 Å². The molecule has 0 saturated carbocycles. The summed E-state index contributed by atoms with van der Waals surface area (Å²) in [6.07, 6.45) is 5.07. The van der Waals surface area contributed by atoms with Crippen molar-refractivity contribution in [2.75, 3.05) is 18.4 Å². The van der Waals surface area contributed by atoms with Crippen molar-refractivity contribution in [3.8, 4) is 0 Å². The van der Waals surface area contributed by atoms with Crippen LogP contribution >= 0.6 is 0 Å². The molecule has 2 atom stereocenters. The third-order valence-electron chi connectivity index (χ3n) is 4.14. The van der Waals surface area contributed by atoms with E-state index in [1.54, 1.807) is 47.2 Å². The predicted octanol–water partition coefficient (Wildman–Crippen LogP) is 1.11. The van der Waals surface area contributed by atoms with E-state index in [-0.39, 0.29) is 30.6 Å². The minimum absolute atomic E-state index is 0.00888. The first-order valence-corrected chi connectivity index (χ1v) is 8.30. The van der Waals surface area contributed by atoms with Crippen LogP contribution in [-0.2, 0) is 23.1 Å². The zero-order chi connectivity index (χ0) is 18.0. The molecule has 0 bridgehead atoms. The standard InChI is InChI=1S/C17H23N5O3/c1-12-8-21(9-13(2)25-12)16(23)11-22-10-14(7-18-22)19-17(24)15-5-4-6-20(15)3/h4-7,10,12-13H,8-9,11H2,1-3H3,(H,19,24). The van der Waals surface area contributed by atoms with Gasteiger partial charge in [-0.2, -0.15) is 5.10 Å². The monoisotopic (exact) mass is 345 g/mol. The van der Waals surface area contributed by atoms with E-state index in [1.807, 2.05) is 13.8 Å². The van der Waals surface area contributed by atoms with E-state index in [9.17, 15) is 9.59 Å². The molecule has 1 aliphatic heterocycles. The summed E-state index contributed by atoms with van der Waals surface area (Å²) >= 11 is 0. The minimum atomic E-state index is -0.214. The summed E-state index contributed by atoms with van der Waals surface area (Å²) in [5.41, 5.74) is 1.11. The normalized spacial score (nSPS) is 20.5. The second-order valence-corrected chi connectivity index (χ2v) is 6.44. The van der Waals surface area contributed by atoms with E-state index in [2.05, 4.69) is 10.4 Å². The molecule has 3 rings (SSSR count). The smallest absolute Gasteiger partial charge is 0.272 e. The van der Waals surface area contributed by atoms with Crippen molar-refractivity contribution < 1.29 is 14.3 Å². The maximum atomic E-state index is 12.4. The lowest BCUT2D eigenvalue weighted by molar-refractivity contribution is -0.144.